The van der Waals surface area contributed by atoms with Crippen molar-refractivity contribution in [2.75, 3.05) is 4.90 Å². The minimum Gasteiger partial charge on any atom is -0.310 e. The Morgan fingerprint density at radius 1 is 0.510 bits per heavy atom. The van der Waals surface area contributed by atoms with Gasteiger partial charge in [-0.3, -0.25) is 0 Å². The third-order valence-corrected chi connectivity index (χ3v) is 15.4. The second-order valence-corrected chi connectivity index (χ2v) is 18.0. The van der Waals surface area contributed by atoms with Gasteiger partial charge in [0.2, 0.25) is 0 Å². The highest BCUT2D eigenvalue weighted by Gasteiger charge is 2.61. The molecule has 0 N–H and O–H groups in total. The molecule has 248 valence electrons. The van der Waals surface area contributed by atoms with E-state index in [1.54, 1.807) is 11.1 Å². The molecule has 7 aromatic rings. The summed E-state index contributed by atoms with van der Waals surface area (Å²) in [7, 11) is 0. The lowest BCUT2D eigenvalue weighted by atomic mass is 9.43. The molecule has 4 saturated carbocycles. The maximum atomic E-state index is 2.62. The second kappa shape index (κ2) is 10.0. The Labute approximate surface area is 304 Å². The van der Waals surface area contributed by atoms with Crippen molar-refractivity contribution in [1.29, 1.82) is 0 Å². The summed E-state index contributed by atoms with van der Waals surface area (Å²) >= 11 is 1.92. The quantitative estimate of drug-likeness (QED) is 0.180. The molecule has 0 atom stereocenters. The van der Waals surface area contributed by atoms with Gasteiger partial charge in [-0.15, -0.1) is 11.3 Å². The molecule has 1 aromatic heterocycles. The van der Waals surface area contributed by atoms with E-state index in [2.05, 4.69) is 146 Å². The van der Waals surface area contributed by atoms with Gasteiger partial charge in [0.1, 0.15) is 0 Å². The highest BCUT2D eigenvalue weighted by Crippen LogP contribution is 2.70. The summed E-state index contributed by atoms with van der Waals surface area (Å²) in [6.07, 6.45) is 7.08. The molecular formula is C49H41NS. The highest BCUT2D eigenvalue weighted by atomic mass is 32.1. The minimum absolute atomic E-state index is 0.0707. The van der Waals surface area contributed by atoms with Crippen LogP contribution in [0.25, 0.3) is 42.4 Å². The summed E-state index contributed by atoms with van der Waals surface area (Å²) in [5.41, 5.74) is 15.6. The van der Waals surface area contributed by atoms with E-state index in [9.17, 15) is 0 Å². The van der Waals surface area contributed by atoms with Crippen LogP contribution < -0.4 is 4.90 Å². The Morgan fingerprint density at radius 2 is 1.14 bits per heavy atom. The van der Waals surface area contributed by atoms with Crippen LogP contribution in [0.2, 0.25) is 0 Å². The lowest BCUT2D eigenvalue weighted by Gasteiger charge is -2.61. The normalized spacial score (nSPS) is 25.7. The van der Waals surface area contributed by atoms with Crippen molar-refractivity contribution in [1.82, 2.24) is 0 Å². The minimum atomic E-state index is -0.0707. The molecule has 4 bridgehead atoms. The van der Waals surface area contributed by atoms with Crippen molar-refractivity contribution < 1.29 is 0 Å². The monoisotopic (exact) mass is 675 g/mol. The maximum Gasteiger partial charge on any atom is 0.0543 e. The summed E-state index contributed by atoms with van der Waals surface area (Å²) in [6.45, 7) is 4.81. The van der Waals surface area contributed by atoms with Gasteiger partial charge in [0.05, 0.1) is 5.69 Å². The van der Waals surface area contributed by atoms with E-state index in [-0.39, 0.29) is 10.8 Å². The third-order valence-electron chi connectivity index (χ3n) is 14.2. The first-order valence-corrected chi connectivity index (χ1v) is 20.0. The second-order valence-electron chi connectivity index (χ2n) is 16.9. The van der Waals surface area contributed by atoms with Crippen molar-refractivity contribution in [3.63, 3.8) is 0 Å². The van der Waals surface area contributed by atoms with Gasteiger partial charge < -0.3 is 4.90 Å². The fourth-order valence-electron chi connectivity index (χ4n) is 12.5. The molecule has 4 fully saturated rings. The smallest absolute Gasteiger partial charge is 0.0543 e. The number of hydrogen-bond donors (Lipinski definition) is 0. The fraction of sp³-hybridized carbons (Fsp3) is 0.265. The first kappa shape index (κ1) is 29.0. The molecule has 2 heteroatoms. The van der Waals surface area contributed by atoms with Gasteiger partial charge in [0.15, 0.2) is 0 Å². The number of anilines is 3. The van der Waals surface area contributed by atoms with Gasteiger partial charge in [-0.25, -0.2) is 0 Å². The molecule has 13 rings (SSSR count). The fourth-order valence-corrected chi connectivity index (χ4v) is 13.6. The van der Waals surface area contributed by atoms with Crippen LogP contribution in [-0.2, 0) is 10.8 Å². The van der Waals surface area contributed by atoms with Crippen LogP contribution in [0.3, 0.4) is 0 Å². The standard InChI is InChI=1S/C49H41NS/c1-48(2)40-13-6-3-10-35(40)36-20-18-33(27-43(36)48)50(34-19-21-38-37-11-5-8-17-45(37)51-46(38)28-34)44-16-9-15-42-47(44)39-12-4-7-14-41(39)49(42)31-23-29-22-30(25-31)26-32(49)24-29/h3-21,27-32H,22-26H2,1-2H3. The largest absolute Gasteiger partial charge is 0.310 e. The zero-order valence-corrected chi connectivity index (χ0v) is 30.1. The molecule has 6 aliphatic carbocycles. The van der Waals surface area contributed by atoms with Crippen molar-refractivity contribution in [2.24, 2.45) is 23.7 Å². The summed E-state index contributed by atoms with van der Waals surface area (Å²) in [5, 5.41) is 2.70. The van der Waals surface area contributed by atoms with Crippen LogP contribution in [0.4, 0.5) is 17.1 Å². The van der Waals surface area contributed by atoms with E-state index in [1.807, 2.05) is 11.3 Å². The molecule has 0 radical (unpaired) electrons. The number of nitrogens with zero attached hydrogens (tertiary/aromatic N) is 1. The molecule has 0 aliphatic heterocycles. The van der Waals surface area contributed by atoms with Gasteiger partial charge in [0.25, 0.3) is 0 Å². The number of fused-ring (bicyclic) bond motifs is 9. The van der Waals surface area contributed by atoms with Crippen LogP contribution in [-0.4, -0.2) is 0 Å². The molecule has 0 amide bonds. The number of thiophene rings is 1. The van der Waals surface area contributed by atoms with E-state index < -0.39 is 0 Å². The SMILES string of the molecule is CC1(C)c2ccccc2-c2ccc(N(c3ccc4c(c3)sc3ccccc34)c3cccc4c3-c3ccccc3C43C4CC5CC(C4)CC3C5)cc21. The van der Waals surface area contributed by atoms with Crippen molar-refractivity contribution in [3.05, 3.63) is 150 Å². The highest BCUT2D eigenvalue weighted by molar-refractivity contribution is 7.25. The first-order valence-electron chi connectivity index (χ1n) is 19.2. The van der Waals surface area contributed by atoms with Gasteiger partial charge in [-0.05, 0) is 131 Å². The van der Waals surface area contributed by atoms with E-state index in [0.717, 1.165) is 23.7 Å². The van der Waals surface area contributed by atoms with Gasteiger partial charge in [0, 0.05) is 47.9 Å². The van der Waals surface area contributed by atoms with Crippen molar-refractivity contribution >= 4 is 48.6 Å². The molecule has 1 nitrogen and oxygen atoms in total. The molecular weight excluding hydrogens is 635 g/mol. The summed E-state index contributed by atoms with van der Waals surface area (Å²) in [6, 6.07) is 49.4. The predicted octanol–water partition coefficient (Wildman–Crippen LogP) is 13.6. The zero-order valence-electron chi connectivity index (χ0n) is 29.3. The molecule has 6 aromatic carbocycles. The van der Waals surface area contributed by atoms with E-state index in [1.165, 1.54) is 103 Å². The molecule has 1 spiro atoms. The predicted molar refractivity (Wildman–Crippen MR) is 215 cm³/mol. The lowest BCUT2D eigenvalue weighted by molar-refractivity contribution is -0.0399. The Bertz CT molecular complexity index is 2570. The number of hydrogen-bond acceptors (Lipinski definition) is 2. The van der Waals surface area contributed by atoms with Crippen molar-refractivity contribution in [2.45, 2.75) is 56.8 Å². The van der Waals surface area contributed by atoms with Gasteiger partial charge in [-0.1, -0.05) is 105 Å². The van der Waals surface area contributed by atoms with E-state index in [0.29, 0.717) is 0 Å². The average molecular weight is 676 g/mol. The van der Waals surface area contributed by atoms with Crippen LogP contribution in [0.5, 0.6) is 0 Å². The summed E-state index contributed by atoms with van der Waals surface area (Å²) in [4.78, 5) is 2.62. The topological polar surface area (TPSA) is 3.24 Å². The Morgan fingerprint density at radius 3 is 1.96 bits per heavy atom. The maximum absolute atomic E-state index is 2.62. The first-order chi connectivity index (χ1) is 25.0. The molecule has 0 unspecified atom stereocenters. The van der Waals surface area contributed by atoms with Crippen LogP contribution in [0, 0.1) is 23.7 Å². The number of benzene rings is 6. The van der Waals surface area contributed by atoms with Gasteiger partial charge >= 0.3 is 0 Å². The van der Waals surface area contributed by atoms with Crippen LogP contribution >= 0.6 is 11.3 Å². The average Bonchev–Trinajstić information content (AvgIpc) is 3.75. The number of rotatable bonds is 3. The summed E-state index contributed by atoms with van der Waals surface area (Å²) in [5.74, 6) is 3.35. The Hall–Kier alpha value is -4.66. The van der Waals surface area contributed by atoms with Gasteiger partial charge in [-0.2, -0.15) is 0 Å². The molecule has 1 heterocycles. The Kier molecular flexibility index (Phi) is 5.69. The van der Waals surface area contributed by atoms with E-state index >= 15 is 0 Å². The molecule has 51 heavy (non-hydrogen) atoms. The van der Waals surface area contributed by atoms with Crippen molar-refractivity contribution in [3.8, 4) is 22.3 Å². The van der Waals surface area contributed by atoms with E-state index in [4.69, 9.17) is 0 Å². The van der Waals surface area contributed by atoms with Crippen LogP contribution in [0.15, 0.2) is 127 Å². The third kappa shape index (κ3) is 3.67. The molecule has 6 aliphatic rings. The Balaban J connectivity index is 1.12. The molecule has 0 saturated heterocycles. The van der Waals surface area contributed by atoms with Crippen LogP contribution in [0.1, 0.15) is 68.2 Å². The zero-order chi connectivity index (χ0) is 33.6. The lowest BCUT2D eigenvalue weighted by Crippen LogP contribution is -2.55. The summed E-state index contributed by atoms with van der Waals surface area (Å²) < 4.78 is 2.70.